The summed E-state index contributed by atoms with van der Waals surface area (Å²) < 4.78 is 5.35. The van der Waals surface area contributed by atoms with Gasteiger partial charge < -0.3 is 10.1 Å². The van der Waals surface area contributed by atoms with Gasteiger partial charge in [-0.05, 0) is 30.9 Å². The van der Waals surface area contributed by atoms with Gasteiger partial charge in [0.15, 0.2) is 0 Å². The maximum absolute atomic E-state index is 6.21. The topological polar surface area (TPSA) is 21.3 Å². The minimum absolute atomic E-state index is 0.146. The van der Waals surface area contributed by atoms with Crippen molar-refractivity contribution in [1.29, 1.82) is 0 Å². The summed E-state index contributed by atoms with van der Waals surface area (Å²) >= 11 is 18.2. The summed E-state index contributed by atoms with van der Waals surface area (Å²) in [5, 5.41) is 4.91. The number of nitrogens with one attached hydrogen (secondary N) is 1. The van der Waals surface area contributed by atoms with Gasteiger partial charge in [0.1, 0.15) is 0 Å². The van der Waals surface area contributed by atoms with Gasteiger partial charge >= 0.3 is 0 Å². The molecule has 5 heteroatoms. The van der Waals surface area contributed by atoms with Crippen molar-refractivity contribution in [2.45, 2.75) is 19.4 Å². The molecule has 1 saturated heterocycles. The fourth-order valence-electron chi connectivity index (χ4n) is 2.07. The molecule has 2 nitrogen and oxygen atoms in total. The van der Waals surface area contributed by atoms with E-state index in [0.717, 1.165) is 31.7 Å². The summed E-state index contributed by atoms with van der Waals surface area (Å²) in [4.78, 5) is 0. The van der Waals surface area contributed by atoms with Gasteiger partial charge in [0, 0.05) is 19.2 Å². The van der Waals surface area contributed by atoms with Crippen LogP contribution in [0.3, 0.4) is 0 Å². The molecule has 1 aliphatic rings. The van der Waals surface area contributed by atoms with Crippen molar-refractivity contribution in [3.8, 4) is 0 Å². The van der Waals surface area contributed by atoms with Crippen LogP contribution in [0.25, 0.3) is 0 Å². The number of ether oxygens (including phenoxy) is 1. The molecule has 2 rings (SSSR count). The van der Waals surface area contributed by atoms with Crippen LogP contribution in [-0.2, 0) is 4.74 Å². The van der Waals surface area contributed by atoms with E-state index < -0.39 is 0 Å². The number of benzene rings is 1. The normalized spacial score (nSPS) is 21.2. The third-order valence-corrected chi connectivity index (χ3v) is 4.58. The molecule has 0 spiro atoms. The molecule has 1 aromatic carbocycles. The van der Waals surface area contributed by atoms with Crippen molar-refractivity contribution in [2.75, 3.05) is 19.8 Å². The first-order valence-corrected chi connectivity index (χ1v) is 7.17. The summed E-state index contributed by atoms with van der Waals surface area (Å²) in [6.07, 6.45) is 1.12. The minimum Gasteiger partial charge on any atom is -0.381 e. The van der Waals surface area contributed by atoms with E-state index in [4.69, 9.17) is 39.5 Å². The number of halogens is 3. The Balaban J connectivity index is 1.99. The highest BCUT2D eigenvalue weighted by atomic mass is 35.5. The molecule has 0 saturated carbocycles. The predicted octanol–water partition coefficient (Wildman–Crippen LogP) is 4.33. The molecular weight excluding hydrogens is 293 g/mol. The zero-order valence-corrected chi connectivity index (χ0v) is 12.4. The fourth-order valence-corrected chi connectivity index (χ4v) is 2.78. The summed E-state index contributed by atoms with van der Waals surface area (Å²) in [5.41, 5.74) is 0.977. The average Bonchev–Trinajstić information content (AvgIpc) is 2.86. The highest BCUT2D eigenvalue weighted by Gasteiger charge is 2.18. The van der Waals surface area contributed by atoms with Gasteiger partial charge in [0.05, 0.1) is 21.7 Å². The molecule has 1 fully saturated rings. The third-order valence-electron chi connectivity index (χ3n) is 3.27. The molecule has 0 bridgehead atoms. The van der Waals surface area contributed by atoms with E-state index in [1.807, 2.05) is 6.07 Å². The van der Waals surface area contributed by atoms with Crippen molar-refractivity contribution in [3.63, 3.8) is 0 Å². The van der Waals surface area contributed by atoms with E-state index in [0.29, 0.717) is 21.0 Å². The molecule has 0 amide bonds. The Bertz CT molecular complexity index is 419. The molecule has 1 heterocycles. The van der Waals surface area contributed by atoms with Crippen molar-refractivity contribution in [2.24, 2.45) is 5.92 Å². The highest BCUT2D eigenvalue weighted by molar-refractivity contribution is 6.48. The van der Waals surface area contributed by atoms with E-state index in [-0.39, 0.29) is 6.04 Å². The summed E-state index contributed by atoms with van der Waals surface area (Å²) in [6, 6.07) is 3.84. The second-order valence-electron chi connectivity index (χ2n) is 4.62. The molecule has 0 radical (unpaired) electrons. The van der Waals surface area contributed by atoms with E-state index in [2.05, 4.69) is 12.2 Å². The lowest BCUT2D eigenvalue weighted by atomic mass is 10.1. The van der Waals surface area contributed by atoms with Crippen LogP contribution in [0.15, 0.2) is 12.1 Å². The maximum atomic E-state index is 6.21. The van der Waals surface area contributed by atoms with Gasteiger partial charge in [-0.1, -0.05) is 40.9 Å². The Hall–Kier alpha value is 0.01000. The van der Waals surface area contributed by atoms with E-state index in [9.17, 15) is 0 Å². The molecule has 1 aromatic rings. The number of rotatable bonds is 4. The van der Waals surface area contributed by atoms with Crippen molar-refractivity contribution in [1.82, 2.24) is 5.32 Å². The molecule has 18 heavy (non-hydrogen) atoms. The predicted molar refractivity (Wildman–Crippen MR) is 76.8 cm³/mol. The SMILES string of the molecule is CC(NCC1CCOC1)c1ccc(Cl)c(Cl)c1Cl. The van der Waals surface area contributed by atoms with E-state index in [1.54, 1.807) is 6.07 Å². The summed E-state index contributed by atoms with van der Waals surface area (Å²) in [7, 11) is 0. The van der Waals surface area contributed by atoms with Gasteiger partial charge in [-0.2, -0.15) is 0 Å². The Kier molecular flexibility index (Phi) is 5.16. The van der Waals surface area contributed by atoms with Gasteiger partial charge in [-0.15, -0.1) is 0 Å². The van der Waals surface area contributed by atoms with Crippen LogP contribution in [0.4, 0.5) is 0 Å². The molecule has 100 valence electrons. The zero-order chi connectivity index (χ0) is 13.1. The van der Waals surface area contributed by atoms with Crippen LogP contribution in [-0.4, -0.2) is 19.8 Å². The number of hydrogen-bond acceptors (Lipinski definition) is 2. The van der Waals surface area contributed by atoms with Crippen LogP contribution < -0.4 is 5.32 Å². The van der Waals surface area contributed by atoms with E-state index >= 15 is 0 Å². The van der Waals surface area contributed by atoms with Crippen molar-refractivity contribution >= 4 is 34.8 Å². The van der Waals surface area contributed by atoms with Gasteiger partial charge in [0.2, 0.25) is 0 Å². The first-order valence-electron chi connectivity index (χ1n) is 6.04. The quantitative estimate of drug-likeness (QED) is 0.836. The Morgan fingerprint density at radius 2 is 2.11 bits per heavy atom. The Labute approximate surface area is 123 Å². The van der Waals surface area contributed by atoms with E-state index in [1.165, 1.54) is 0 Å². The van der Waals surface area contributed by atoms with Gasteiger partial charge in [-0.3, -0.25) is 0 Å². The smallest absolute Gasteiger partial charge is 0.0781 e. The first-order chi connectivity index (χ1) is 8.59. The lowest BCUT2D eigenvalue weighted by Gasteiger charge is -2.18. The summed E-state index contributed by atoms with van der Waals surface area (Å²) in [5.74, 6) is 0.592. The molecule has 2 atom stereocenters. The molecule has 0 aromatic heterocycles. The molecule has 1 N–H and O–H groups in total. The standard InChI is InChI=1S/C13H16Cl3NO/c1-8(17-6-9-4-5-18-7-9)10-2-3-11(14)13(16)12(10)15/h2-3,8-9,17H,4-7H2,1H3. The monoisotopic (exact) mass is 307 g/mol. The molecular formula is C13H16Cl3NO. The minimum atomic E-state index is 0.146. The lowest BCUT2D eigenvalue weighted by molar-refractivity contribution is 0.184. The van der Waals surface area contributed by atoms with Crippen LogP contribution in [0.2, 0.25) is 15.1 Å². The number of hydrogen-bond donors (Lipinski definition) is 1. The summed E-state index contributed by atoms with van der Waals surface area (Å²) in [6.45, 7) is 4.71. The molecule has 0 aliphatic carbocycles. The van der Waals surface area contributed by atoms with Gasteiger partial charge in [0.25, 0.3) is 0 Å². The van der Waals surface area contributed by atoms with Crippen molar-refractivity contribution in [3.05, 3.63) is 32.8 Å². The largest absolute Gasteiger partial charge is 0.381 e. The second-order valence-corrected chi connectivity index (χ2v) is 5.79. The van der Waals surface area contributed by atoms with Crippen molar-refractivity contribution < 1.29 is 4.74 Å². The maximum Gasteiger partial charge on any atom is 0.0781 e. The average molecular weight is 309 g/mol. The third kappa shape index (κ3) is 3.31. The zero-order valence-electron chi connectivity index (χ0n) is 10.2. The molecule has 1 aliphatic heterocycles. The lowest BCUT2D eigenvalue weighted by Crippen LogP contribution is -2.26. The first kappa shape index (κ1) is 14.4. The Morgan fingerprint density at radius 1 is 1.33 bits per heavy atom. The molecule has 2 unspecified atom stereocenters. The second kappa shape index (κ2) is 6.44. The van der Waals surface area contributed by atoms with Crippen LogP contribution >= 0.6 is 34.8 Å². The fraction of sp³-hybridized carbons (Fsp3) is 0.538. The van der Waals surface area contributed by atoms with Crippen LogP contribution in [0, 0.1) is 5.92 Å². The van der Waals surface area contributed by atoms with Crippen LogP contribution in [0.5, 0.6) is 0 Å². The Morgan fingerprint density at radius 3 is 2.78 bits per heavy atom. The van der Waals surface area contributed by atoms with Crippen LogP contribution in [0.1, 0.15) is 24.9 Å². The highest BCUT2D eigenvalue weighted by Crippen LogP contribution is 2.35. The van der Waals surface area contributed by atoms with Gasteiger partial charge in [-0.25, -0.2) is 0 Å².